The van der Waals surface area contributed by atoms with Crippen LogP contribution in [0.25, 0.3) is 17.1 Å². The van der Waals surface area contributed by atoms with E-state index in [4.69, 9.17) is 5.73 Å². The minimum absolute atomic E-state index is 0.124. The number of aromatic nitrogens is 5. The molecule has 2 heterocycles. The van der Waals surface area contributed by atoms with Gasteiger partial charge >= 0.3 is 6.18 Å². The summed E-state index contributed by atoms with van der Waals surface area (Å²) in [5.74, 6) is -1.55. The van der Waals surface area contributed by atoms with Crippen LogP contribution in [-0.2, 0) is 19.0 Å². The van der Waals surface area contributed by atoms with Crippen LogP contribution in [0, 0.1) is 0 Å². The molecule has 0 saturated heterocycles. The SMILES string of the molecule is Nc1nc(C(F)(F)F)nn1-c1cc2c(nn1)-c1ccccc1CCC2. The fourth-order valence-corrected chi connectivity index (χ4v) is 2.99. The molecular formula is C16H13F3N6. The lowest BCUT2D eigenvalue weighted by atomic mass is 10.0. The predicted octanol–water partition coefficient (Wildman–Crippen LogP) is 2.81. The van der Waals surface area contributed by atoms with Crippen molar-refractivity contribution in [3.8, 4) is 17.1 Å². The van der Waals surface area contributed by atoms with Crippen molar-refractivity contribution in [2.45, 2.75) is 25.4 Å². The van der Waals surface area contributed by atoms with E-state index < -0.39 is 12.0 Å². The molecule has 2 aromatic heterocycles. The Balaban J connectivity index is 1.81. The minimum atomic E-state index is -4.67. The molecule has 0 aliphatic heterocycles. The Morgan fingerprint density at radius 2 is 1.80 bits per heavy atom. The Labute approximate surface area is 140 Å². The molecule has 3 aromatic rings. The second kappa shape index (κ2) is 5.54. The molecule has 128 valence electrons. The molecule has 0 atom stereocenters. The predicted molar refractivity (Wildman–Crippen MR) is 83.8 cm³/mol. The number of aryl methyl sites for hydroxylation is 2. The minimum Gasteiger partial charge on any atom is -0.368 e. The van der Waals surface area contributed by atoms with Crippen LogP contribution in [0.1, 0.15) is 23.4 Å². The molecule has 25 heavy (non-hydrogen) atoms. The van der Waals surface area contributed by atoms with Gasteiger partial charge in [0.15, 0.2) is 5.82 Å². The van der Waals surface area contributed by atoms with Gasteiger partial charge in [-0.05, 0) is 36.5 Å². The first-order valence-corrected chi connectivity index (χ1v) is 7.68. The monoisotopic (exact) mass is 346 g/mol. The third-order valence-electron chi connectivity index (χ3n) is 4.13. The fraction of sp³-hybridized carbons (Fsp3) is 0.250. The molecule has 0 bridgehead atoms. The topological polar surface area (TPSA) is 82.5 Å². The highest BCUT2D eigenvalue weighted by Gasteiger charge is 2.37. The zero-order chi connectivity index (χ0) is 17.6. The molecule has 0 fully saturated rings. The second-order valence-electron chi connectivity index (χ2n) is 5.79. The number of rotatable bonds is 1. The Morgan fingerprint density at radius 1 is 1.04 bits per heavy atom. The van der Waals surface area contributed by atoms with Crippen molar-refractivity contribution < 1.29 is 13.2 Å². The summed E-state index contributed by atoms with van der Waals surface area (Å²) in [6.45, 7) is 0. The van der Waals surface area contributed by atoms with Gasteiger partial charge < -0.3 is 5.73 Å². The Morgan fingerprint density at radius 3 is 2.56 bits per heavy atom. The van der Waals surface area contributed by atoms with Crippen LogP contribution in [0.5, 0.6) is 0 Å². The Hall–Kier alpha value is -2.97. The number of hydrogen-bond donors (Lipinski definition) is 1. The van der Waals surface area contributed by atoms with E-state index in [2.05, 4.69) is 20.3 Å². The molecule has 2 N–H and O–H groups in total. The second-order valence-corrected chi connectivity index (χ2v) is 5.79. The molecule has 1 aliphatic rings. The van der Waals surface area contributed by atoms with Crippen LogP contribution in [0.15, 0.2) is 30.3 Å². The number of hydrogen-bond acceptors (Lipinski definition) is 5. The van der Waals surface area contributed by atoms with Gasteiger partial charge in [-0.2, -0.15) is 22.8 Å². The highest BCUT2D eigenvalue weighted by atomic mass is 19.4. The van der Waals surface area contributed by atoms with Crippen molar-refractivity contribution in [3.05, 3.63) is 47.3 Å². The molecule has 4 rings (SSSR count). The molecule has 1 aliphatic carbocycles. The van der Waals surface area contributed by atoms with Crippen molar-refractivity contribution in [1.29, 1.82) is 0 Å². The number of halogens is 3. The van der Waals surface area contributed by atoms with Gasteiger partial charge in [0.1, 0.15) is 0 Å². The highest BCUT2D eigenvalue weighted by molar-refractivity contribution is 5.68. The van der Waals surface area contributed by atoms with Crippen molar-refractivity contribution in [2.75, 3.05) is 5.73 Å². The lowest BCUT2D eigenvalue weighted by Gasteiger charge is -2.09. The van der Waals surface area contributed by atoms with Crippen LogP contribution in [-0.4, -0.2) is 25.0 Å². The van der Waals surface area contributed by atoms with Crippen LogP contribution < -0.4 is 5.73 Å². The first-order chi connectivity index (χ1) is 11.9. The summed E-state index contributed by atoms with van der Waals surface area (Å²) in [6.07, 6.45) is -2.11. The molecule has 6 nitrogen and oxygen atoms in total. The number of benzene rings is 1. The maximum atomic E-state index is 12.8. The summed E-state index contributed by atoms with van der Waals surface area (Å²) in [5, 5.41) is 11.7. The van der Waals surface area contributed by atoms with Gasteiger partial charge in [-0.15, -0.1) is 15.3 Å². The maximum Gasteiger partial charge on any atom is 0.453 e. The zero-order valence-corrected chi connectivity index (χ0v) is 13.0. The van der Waals surface area contributed by atoms with Crippen LogP contribution in [0.4, 0.5) is 19.1 Å². The summed E-state index contributed by atoms with van der Waals surface area (Å²) >= 11 is 0. The van der Waals surface area contributed by atoms with E-state index in [0.717, 1.165) is 40.8 Å². The molecule has 0 radical (unpaired) electrons. The number of fused-ring (bicyclic) bond motifs is 3. The van der Waals surface area contributed by atoms with Gasteiger partial charge in [0.2, 0.25) is 5.95 Å². The van der Waals surface area contributed by atoms with E-state index in [9.17, 15) is 13.2 Å². The largest absolute Gasteiger partial charge is 0.453 e. The van der Waals surface area contributed by atoms with E-state index in [-0.39, 0.29) is 11.8 Å². The summed E-state index contributed by atoms with van der Waals surface area (Å²) < 4.78 is 39.1. The third-order valence-corrected chi connectivity index (χ3v) is 4.13. The Bertz CT molecular complexity index is 947. The van der Waals surface area contributed by atoms with Gasteiger partial charge in [0.25, 0.3) is 5.82 Å². The van der Waals surface area contributed by atoms with Gasteiger partial charge in [0.05, 0.1) is 5.69 Å². The quantitative estimate of drug-likeness (QED) is 0.733. The summed E-state index contributed by atoms with van der Waals surface area (Å²) in [6, 6.07) is 9.59. The van der Waals surface area contributed by atoms with E-state index in [1.807, 2.05) is 24.3 Å². The molecule has 0 saturated carbocycles. The first-order valence-electron chi connectivity index (χ1n) is 7.68. The molecule has 9 heteroatoms. The molecule has 1 aromatic carbocycles. The number of nitrogens with zero attached hydrogens (tertiary/aromatic N) is 5. The normalized spacial score (nSPS) is 13.9. The van der Waals surface area contributed by atoms with Crippen molar-refractivity contribution in [1.82, 2.24) is 25.0 Å². The van der Waals surface area contributed by atoms with Gasteiger partial charge in [-0.1, -0.05) is 24.3 Å². The third kappa shape index (κ3) is 2.71. The average Bonchev–Trinajstić information content (AvgIpc) is 2.88. The Kier molecular flexibility index (Phi) is 3.45. The lowest BCUT2D eigenvalue weighted by Crippen LogP contribution is -2.10. The molecular weight excluding hydrogens is 333 g/mol. The first kappa shape index (κ1) is 15.6. The van der Waals surface area contributed by atoms with Crippen LogP contribution in [0.3, 0.4) is 0 Å². The number of alkyl halides is 3. The summed E-state index contributed by atoms with van der Waals surface area (Å²) in [7, 11) is 0. The van der Waals surface area contributed by atoms with Crippen molar-refractivity contribution >= 4 is 5.95 Å². The maximum absolute atomic E-state index is 12.8. The fourth-order valence-electron chi connectivity index (χ4n) is 2.99. The summed E-state index contributed by atoms with van der Waals surface area (Å²) in [5.41, 5.74) is 9.40. The van der Waals surface area contributed by atoms with Crippen LogP contribution in [0.2, 0.25) is 0 Å². The van der Waals surface area contributed by atoms with E-state index in [1.165, 1.54) is 5.56 Å². The molecule has 0 unspecified atom stereocenters. The van der Waals surface area contributed by atoms with Crippen LogP contribution >= 0.6 is 0 Å². The number of nitrogens with two attached hydrogens (primary N) is 1. The number of anilines is 1. The van der Waals surface area contributed by atoms with E-state index in [0.29, 0.717) is 0 Å². The van der Waals surface area contributed by atoms with Crippen molar-refractivity contribution in [2.24, 2.45) is 0 Å². The van der Waals surface area contributed by atoms with E-state index in [1.54, 1.807) is 6.07 Å². The average molecular weight is 346 g/mol. The van der Waals surface area contributed by atoms with Gasteiger partial charge in [0, 0.05) is 5.56 Å². The standard InChI is InChI=1S/C16H13F3N6/c17-16(18,19)14-21-15(20)25(24-14)12-8-10-6-3-5-9-4-1-2-7-11(9)13(10)23-22-12/h1-2,4,7-8H,3,5-6H2,(H2,20,21,24). The van der Waals surface area contributed by atoms with Crippen molar-refractivity contribution in [3.63, 3.8) is 0 Å². The van der Waals surface area contributed by atoms with Gasteiger partial charge in [-0.25, -0.2) is 0 Å². The highest BCUT2D eigenvalue weighted by Crippen LogP contribution is 2.32. The smallest absolute Gasteiger partial charge is 0.368 e. The summed E-state index contributed by atoms with van der Waals surface area (Å²) in [4.78, 5) is 3.26. The molecule has 0 spiro atoms. The lowest BCUT2D eigenvalue weighted by molar-refractivity contribution is -0.144. The van der Waals surface area contributed by atoms with Gasteiger partial charge in [-0.3, -0.25) is 0 Å². The van der Waals surface area contributed by atoms with E-state index >= 15 is 0 Å². The number of nitrogen functional groups attached to an aromatic ring is 1. The molecule has 0 amide bonds. The zero-order valence-electron chi connectivity index (χ0n) is 13.0.